The van der Waals surface area contributed by atoms with E-state index in [1.165, 1.54) is 21.8 Å². The summed E-state index contributed by atoms with van der Waals surface area (Å²) < 4.78 is 5.57. The van der Waals surface area contributed by atoms with Gasteiger partial charge in [-0.15, -0.1) is 11.8 Å². The highest BCUT2D eigenvalue weighted by atomic mass is 32.2. The van der Waals surface area contributed by atoms with Gasteiger partial charge in [-0.3, -0.25) is 4.79 Å². The molecule has 0 bridgehead atoms. The smallest absolute Gasteiger partial charge is 0.311 e. The van der Waals surface area contributed by atoms with Gasteiger partial charge in [-0.2, -0.15) is 0 Å². The van der Waals surface area contributed by atoms with E-state index in [1.807, 2.05) is 30.8 Å². The zero-order valence-electron chi connectivity index (χ0n) is 16.6. The summed E-state index contributed by atoms with van der Waals surface area (Å²) in [5, 5.41) is 0.614. The first-order chi connectivity index (χ1) is 12.7. The molecular formula is C23H26O2S2. The lowest BCUT2D eigenvalue weighted by molar-refractivity contribution is -0.134. The van der Waals surface area contributed by atoms with Gasteiger partial charge in [0.1, 0.15) is 0 Å². The quantitative estimate of drug-likeness (QED) is 0.442. The maximum absolute atomic E-state index is 11.6. The van der Waals surface area contributed by atoms with E-state index in [-0.39, 0.29) is 16.1 Å². The molecule has 0 radical (unpaired) electrons. The van der Waals surface area contributed by atoms with E-state index in [1.54, 1.807) is 0 Å². The molecule has 0 atom stereocenters. The zero-order chi connectivity index (χ0) is 19.7. The summed E-state index contributed by atoms with van der Waals surface area (Å²) >= 11 is 3.37. The van der Waals surface area contributed by atoms with Crippen molar-refractivity contribution in [3.63, 3.8) is 0 Å². The summed E-state index contributed by atoms with van der Waals surface area (Å²) in [5.74, 6) is 6.30. The molecule has 0 saturated carbocycles. The fourth-order valence-corrected chi connectivity index (χ4v) is 6.00. The number of carbonyl (C=O) groups is 1. The van der Waals surface area contributed by atoms with Crippen molar-refractivity contribution in [3.05, 3.63) is 46.3 Å². The molecule has 142 valence electrons. The van der Waals surface area contributed by atoms with Crippen molar-refractivity contribution in [2.24, 2.45) is 0 Å². The molecule has 2 nitrogen and oxygen atoms in total. The highest BCUT2D eigenvalue weighted by Gasteiger charge is 2.37. The Morgan fingerprint density at radius 3 is 2.67 bits per heavy atom. The van der Waals surface area contributed by atoms with Gasteiger partial charge in [0, 0.05) is 21.6 Å². The minimum Gasteiger partial charge on any atom is -0.415 e. The minimum atomic E-state index is -0.184. The van der Waals surface area contributed by atoms with Gasteiger partial charge in [-0.25, -0.2) is 0 Å². The summed E-state index contributed by atoms with van der Waals surface area (Å²) in [7, 11) is 0. The first-order valence-electron chi connectivity index (χ1n) is 9.35. The van der Waals surface area contributed by atoms with Crippen molar-refractivity contribution in [2.75, 3.05) is 0 Å². The Morgan fingerprint density at radius 2 is 1.93 bits per heavy atom. The van der Waals surface area contributed by atoms with Gasteiger partial charge in [-0.1, -0.05) is 57.8 Å². The van der Waals surface area contributed by atoms with Crippen LogP contribution < -0.4 is 4.74 Å². The molecule has 4 heteroatoms. The first-order valence-corrected chi connectivity index (χ1v) is 11.0. The Labute approximate surface area is 170 Å². The number of fused-ring (bicyclic) bond motifs is 1. The molecule has 27 heavy (non-hydrogen) atoms. The largest absolute Gasteiger partial charge is 0.415 e. The Kier molecular flexibility index (Phi) is 5.74. The molecule has 1 aliphatic rings. The summed E-state index contributed by atoms with van der Waals surface area (Å²) in [6.07, 6.45) is 2.38. The fraction of sp³-hybridized carbons (Fsp3) is 0.435. The summed E-state index contributed by atoms with van der Waals surface area (Å²) in [6.45, 7) is 11.2. The number of rotatable bonds is 3. The van der Waals surface area contributed by atoms with Crippen molar-refractivity contribution >= 4 is 29.1 Å². The van der Waals surface area contributed by atoms with Crippen LogP contribution >= 0.6 is 23.1 Å². The minimum absolute atomic E-state index is 0.144. The molecule has 0 unspecified atom stereocenters. The summed E-state index contributed by atoms with van der Waals surface area (Å²) in [5.41, 5.74) is 2.56. The van der Waals surface area contributed by atoms with Crippen LogP contribution in [0.5, 0.6) is 5.06 Å². The van der Waals surface area contributed by atoms with E-state index in [2.05, 4.69) is 57.7 Å². The van der Waals surface area contributed by atoms with Crippen LogP contribution in [0.1, 0.15) is 69.9 Å². The average molecular weight is 399 g/mol. The van der Waals surface area contributed by atoms with E-state index < -0.39 is 0 Å². The van der Waals surface area contributed by atoms with Crippen molar-refractivity contribution in [3.8, 4) is 16.9 Å². The van der Waals surface area contributed by atoms with Gasteiger partial charge >= 0.3 is 5.97 Å². The number of thioether (sulfide) groups is 1. The van der Waals surface area contributed by atoms with E-state index in [0.29, 0.717) is 11.5 Å². The SMILES string of the molecule is CCCC(=O)Oc1ccc(C#Cc2ccc3c(c2)C(C)(C)CC(C)(C)S3)s1. The molecule has 0 amide bonds. The van der Waals surface area contributed by atoms with E-state index in [9.17, 15) is 4.79 Å². The Morgan fingerprint density at radius 1 is 1.15 bits per heavy atom. The normalized spacial score (nSPS) is 16.8. The predicted molar refractivity (Wildman–Crippen MR) is 115 cm³/mol. The van der Waals surface area contributed by atoms with Gasteiger partial charge in [0.25, 0.3) is 0 Å². The molecule has 3 rings (SSSR count). The second kappa shape index (κ2) is 7.73. The lowest BCUT2D eigenvalue weighted by Crippen LogP contribution is -2.33. The molecule has 0 saturated heterocycles. The monoisotopic (exact) mass is 398 g/mol. The third-order valence-corrected chi connectivity index (χ3v) is 6.69. The Balaban J connectivity index is 1.79. The second-order valence-corrected chi connectivity index (χ2v) is 11.0. The Bertz CT molecular complexity index is 910. The van der Waals surface area contributed by atoms with Crippen molar-refractivity contribution in [2.45, 2.75) is 68.9 Å². The maximum atomic E-state index is 11.6. The number of carbonyl (C=O) groups excluding carboxylic acids is 1. The van der Waals surface area contributed by atoms with Gasteiger partial charge in [0.15, 0.2) is 5.06 Å². The summed E-state index contributed by atoms with van der Waals surface area (Å²) in [4.78, 5) is 13.9. The number of benzene rings is 1. The van der Waals surface area contributed by atoms with Crippen LogP contribution in [0.15, 0.2) is 35.2 Å². The molecule has 0 N–H and O–H groups in total. The number of thiophene rings is 1. The third-order valence-electron chi connectivity index (χ3n) is 4.54. The lowest BCUT2D eigenvalue weighted by Gasteiger charge is -2.41. The van der Waals surface area contributed by atoms with E-state index in [0.717, 1.165) is 23.3 Å². The van der Waals surface area contributed by atoms with Crippen LogP contribution in [0.2, 0.25) is 0 Å². The molecule has 0 fully saturated rings. The first kappa shape index (κ1) is 20.0. The van der Waals surface area contributed by atoms with Crippen LogP contribution in [0.3, 0.4) is 0 Å². The molecule has 1 aliphatic heterocycles. The van der Waals surface area contributed by atoms with E-state index >= 15 is 0 Å². The van der Waals surface area contributed by atoms with Gasteiger partial charge in [0.05, 0.1) is 4.88 Å². The number of hydrogen-bond donors (Lipinski definition) is 0. The lowest BCUT2D eigenvalue weighted by atomic mass is 9.76. The van der Waals surface area contributed by atoms with Crippen molar-refractivity contribution in [1.29, 1.82) is 0 Å². The van der Waals surface area contributed by atoms with Crippen LogP contribution in [0.25, 0.3) is 0 Å². The molecule has 0 aliphatic carbocycles. The average Bonchev–Trinajstić information content (AvgIpc) is 2.99. The van der Waals surface area contributed by atoms with Gasteiger partial charge in [0.2, 0.25) is 0 Å². The molecular weight excluding hydrogens is 372 g/mol. The zero-order valence-corrected chi connectivity index (χ0v) is 18.3. The third kappa shape index (κ3) is 4.97. The van der Waals surface area contributed by atoms with Crippen LogP contribution in [-0.4, -0.2) is 10.7 Å². The molecule has 2 aromatic rings. The molecule has 1 aromatic carbocycles. The van der Waals surface area contributed by atoms with Crippen LogP contribution in [0.4, 0.5) is 0 Å². The van der Waals surface area contributed by atoms with Gasteiger partial charge < -0.3 is 4.74 Å². The summed E-state index contributed by atoms with van der Waals surface area (Å²) in [6, 6.07) is 10.3. The molecule has 1 aromatic heterocycles. The number of esters is 1. The van der Waals surface area contributed by atoms with Crippen molar-refractivity contribution < 1.29 is 9.53 Å². The predicted octanol–water partition coefficient (Wildman–Crippen LogP) is 6.41. The van der Waals surface area contributed by atoms with E-state index in [4.69, 9.17) is 4.74 Å². The standard InChI is InChI=1S/C23H26O2S2/c1-6-7-20(24)25-21-13-11-17(26-21)10-8-16-9-12-19-18(14-16)22(2,3)15-23(4,5)27-19/h9,11-14H,6-7,15H2,1-5H3. The van der Waals surface area contributed by atoms with Crippen LogP contribution in [0, 0.1) is 11.8 Å². The second-order valence-electron chi connectivity index (χ2n) is 8.23. The maximum Gasteiger partial charge on any atom is 0.311 e. The Hall–Kier alpha value is -1.70. The fourth-order valence-electron chi connectivity index (χ4n) is 3.66. The highest BCUT2D eigenvalue weighted by Crippen LogP contribution is 2.50. The highest BCUT2D eigenvalue weighted by molar-refractivity contribution is 8.00. The van der Waals surface area contributed by atoms with Crippen LogP contribution in [-0.2, 0) is 10.2 Å². The number of hydrogen-bond acceptors (Lipinski definition) is 4. The topological polar surface area (TPSA) is 26.3 Å². The number of ether oxygens (including phenoxy) is 1. The van der Waals surface area contributed by atoms with Crippen molar-refractivity contribution in [1.82, 2.24) is 0 Å². The molecule has 2 heterocycles. The van der Waals surface area contributed by atoms with Gasteiger partial charge in [-0.05, 0) is 54.2 Å². The molecule has 0 spiro atoms.